The highest BCUT2D eigenvalue weighted by molar-refractivity contribution is 5.99. The van der Waals surface area contributed by atoms with Crippen LogP contribution in [0.4, 0.5) is 17.1 Å². The van der Waals surface area contributed by atoms with E-state index in [0.717, 1.165) is 11.1 Å². The summed E-state index contributed by atoms with van der Waals surface area (Å²) in [7, 11) is 3.15. The number of carbonyl (C=O) groups is 1. The molecule has 33 heavy (non-hydrogen) atoms. The fourth-order valence-electron chi connectivity index (χ4n) is 3.64. The van der Waals surface area contributed by atoms with Gasteiger partial charge in [-0.1, -0.05) is 66.7 Å². The lowest BCUT2D eigenvalue weighted by atomic mass is 9.97. The second kappa shape index (κ2) is 9.00. The van der Waals surface area contributed by atoms with E-state index in [-0.39, 0.29) is 40.3 Å². The summed E-state index contributed by atoms with van der Waals surface area (Å²) in [5.41, 5.74) is 0.922. The number of phenols is 1. The second-order valence-electron chi connectivity index (χ2n) is 7.83. The minimum Gasteiger partial charge on any atom is -0.505 e. The Morgan fingerprint density at radius 2 is 1.33 bits per heavy atom. The number of hydrogen-bond donors (Lipinski definition) is 3. The molecule has 0 saturated heterocycles. The third-order valence-corrected chi connectivity index (χ3v) is 5.40. The fourth-order valence-corrected chi connectivity index (χ4v) is 3.64. The van der Waals surface area contributed by atoms with Crippen LogP contribution in [0, 0.1) is 0 Å². The first-order valence-corrected chi connectivity index (χ1v) is 10.4. The van der Waals surface area contributed by atoms with Gasteiger partial charge in [0.15, 0.2) is 5.75 Å². The highest BCUT2D eigenvalue weighted by atomic mass is 16.3. The molecule has 3 N–H and O–H groups in total. The van der Waals surface area contributed by atoms with Gasteiger partial charge in [0.05, 0.1) is 17.3 Å². The average Bonchev–Trinajstić information content (AvgIpc) is 2.84. The van der Waals surface area contributed by atoms with Gasteiger partial charge in [0.25, 0.3) is 16.8 Å². The molecule has 0 aliphatic carbocycles. The smallest absolute Gasteiger partial charge is 0.257 e. The maximum Gasteiger partial charge on any atom is 0.257 e. The van der Waals surface area contributed by atoms with E-state index in [0.29, 0.717) is 0 Å². The summed E-state index contributed by atoms with van der Waals surface area (Å²) in [6, 6.07) is 23.4. The van der Waals surface area contributed by atoms with Gasteiger partial charge < -0.3 is 20.6 Å². The largest absolute Gasteiger partial charge is 0.505 e. The van der Waals surface area contributed by atoms with Gasteiger partial charge in [-0.05, 0) is 23.3 Å². The Bertz CT molecular complexity index is 1320. The predicted molar refractivity (Wildman–Crippen MR) is 129 cm³/mol. The molecule has 0 unspecified atom stereocenters. The van der Waals surface area contributed by atoms with E-state index in [2.05, 4.69) is 10.6 Å². The molecule has 7 nitrogen and oxygen atoms in total. The van der Waals surface area contributed by atoms with Gasteiger partial charge in [0, 0.05) is 14.1 Å². The van der Waals surface area contributed by atoms with Gasteiger partial charge >= 0.3 is 0 Å². The molecule has 0 aliphatic rings. The van der Waals surface area contributed by atoms with Crippen molar-refractivity contribution in [1.29, 1.82) is 0 Å². The zero-order valence-electron chi connectivity index (χ0n) is 18.2. The monoisotopic (exact) mass is 441 g/mol. The van der Waals surface area contributed by atoms with Crippen molar-refractivity contribution < 1.29 is 9.90 Å². The van der Waals surface area contributed by atoms with E-state index in [4.69, 9.17) is 0 Å². The van der Waals surface area contributed by atoms with E-state index < -0.39 is 10.9 Å². The van der Waals surface area contributed by atoms with Gasteiger partial charge in [-0.2, -0.15) is 0 Å². The lowest BCUT2D eigenvalue weighted by molar-refractivity contribution is 0.0824. The molecule has 0 fully saturated rings. The van der Waals surface area contributed by atoms with Gasteiger partial charge in [-0.25, -0.2) is 0 Å². The molecule has 1 amide bonds. The highest BCUT2D eigenvalue weighted by Gasteiger charge is 2.26. The normalized spacial score (nSPS) is 10.9. The van der Waals surface area contributed by atoms with Gasteiger partial charge in [0.1, 0.15) is 11.4 Å². The van der Waals surface area contributed by atoms with Crippen molar-refractivity contribution in [2.24, 2.45) is 0 Å². The number of phenolic OH excluding ortho intramolecular Hbond substituents is 1. The zero-order chi connectivity index (χ0) is 23.5. The first-order valence-electron chi connectivity index (χ1n) is 10.4. The number of para-hydroxylation sites is 1. The number of hydrogen-bond acceptors (Lipinski definition) is 6. The highest BCUT2D eigenvalue weighted by Crippen LogP contribution is 2.34. The Kier molecular flexibility index (Phi) is 5.95. The molecule has 0 aliphatic heterocycles. The SMILES string of the molecule is CN(C)C(=O)c1cccc(Nc2c(NC(c3ccccc3)c3ccccc3)c(=O)c2=O)c1O. The predicted octanol–water partition coefficient (Wildman–Crippen LogP) is 3.64. The van der Waals surface area contributed by atoms with Gasteiger partial charge in [-0.15, -0.1) is 0 Å². The Balaban J connectivity index is 1.70. The molecule has 0 heterocycles. The van der Waals surface area contributed by atoms with Gasteiger partial charge in [-0.3, -0.25) is 14.4 Å². The van der Waals surface area contributed by atoms with Crippen LogP contribution < -0.4 is 21.5 Å². The number of amides is 1. The summed E-state index contributed by atoms with van der Waals surface area (Å²) >= 11 is 0. The first-order chi connectivity index (χ1) is 15.9. The van der Waals surface area contributed by atoms with Crippen LogP contribution in [0.1, 0.15) is 27.5 Å². The maximum atomic E-state index is 12.5. The number of anilines is 3. The Morgan fingerprint density at radius 1 is 0.788 bits per heavy atom. The molecular weight excluding hydrogens is 418 g/mol. The van der Waals surface area contributed by atoms with Crippen molar-refractivity contribution in [2.45, 2.75) is 6.04 Å². The molecular formula is C26H23N3O4. The summed E-state index contributed by atoms with van der Waals surface area (Å²) in [6.07, 6.45) is 0. The molecule has 0 radical (unpaired) electrons. The minimum atomic E-state index is -0.693. The molecule has 0 atom stereocenters. The topological polar surface area (TPSA) is 98.7 Å². The van der Waals surface area contributed by atoms with E-state index in [1.807, 2.05) is 60.7 Å². The first kappa shape index (κ1) is 21.8. The number of nitrogens with one attached hydrogen (secondary N) is 2. The van der Waals surface area contributed by atoms with Crippen molar-refractivity contribution in [1.82, 2.24) is 4.90 Å². The van der Waals surface area contributed by atoms with E-state index >= 15 is 0 Å². The van der Waals surface area contributed by atoms with Crippen LogP contribution in [0.5, 0.6) is 5.75 Å². The van der Waals surface area contributed by atoms with Crippen LogP contribution in [-0.4, -0.2) is 30.0 Å². The number of aromatic hydroxyl groups is 1. The van der Waals surface area contributed by atoms with Crippen LogP contribution in [0.15, 0.2) is 88.5 Å². The van der Waals surface area contributed by atoms with Crippen molar-refractivity contribution in [2.75, 3.05) is 24.7 Å². The number of rotatable bonds is 7. The van der Waals surface area contributed by atoms with Crippen LogP contribution >= 0.6 is 0 Å². The molecule has 4 aromatic rings. The molecule has 0 saturated carbocycles. The summed E-state index contributed by atoms with van der Waals surface area (Å²) in [5, 5.41) is 16.7. The molecule has 0 bridgehead atoms. The van der Waals surface area contributed by atoms with E-state index in [1.54, 1.807) is 20.2 Å². The Labute approximate surface area is 190 Å². The number of benzene rings is 3. The molecule has 0 spiro atoms. The molecule has 0 aromatic heterocycles. The van der Waals surface area contributed by atoms with Crippen molar-refractivity contribution in [3.05, 3.63) is 116 Å². The lowest BCUT2D eigenvalue weighted by Crippen LogP contribution is -2.37. The van der Waals surface area contributed by atoms with Gasteiger partial charge in [0.2, 0.25) is 0 Å². The van der Waals surface area contributed by atoms with Crippen LogP contribution in [-0.2, 0) is 0 Å². The van der Waals surface area contributed by atoms with Crippen molar-refractivity contribution in [3.63, 3.8) is 0 Å². The Morgan fingerprint density at radius 3 is 1.88 bits per heavy atom. The molecule has 7 heteroatoms. The van der Waals surface area contributed by atoms with E-state index in [1.165, 1.54) is 17.0 Å². The second-order valence-corrected chi connectivity index (χ2v) is 7.83. The number of nitrogens with zero attached hydrogens (tertiary/aromatic N) is 1. The number of carbonyl (C=O) groups excluding carboxylic acids is 1. The van der Waals surface area contributed by atoms with E-state index in [9.17, 15) is 19.5 Å². The minimum absolute atomic E-state index is 0.0432. The fraction of sp³-hybridized carbons (Fsp3) is 0.115. The summed E-state index contributed by atoms with van der Waals surface area (Å²) < 4.78 is 0. The standard InChI is InChI=1S/C26H23N3O4/c1-29(2)26(33)18-14-9-15-19(23(18)30)27-21-22(25(32)24(21)31)28-20(16-10-5-3-6-11-16)17-12-7-4-8-13-17/h3-15,20,27-28,30H,1-2H3. The zero-order valence-corrected chi connectivity index (χ0v) is 18.2. The third-order valence-electron chi connectivity index (χ3n) is 5.40. The summed E-state index contributed by atoms with van der Waals surface area (Å²) in [5.74, 6) is -0.675. The quantitative estimate of drug-likeness (QED) is 0.299. The average molecular weight is 441 g/mol. The molecule has 4 rings (SSSR count). The van der Waals surface area contributed by atoms with Crippen LogP contribution in [0.3, 0.4) is 0 Å². The molecule has 166 valence electrons. The summed E-state index contributed by atoms with van der Waals surface area (Å²) in [4.78, 5) is 38.5. The van der Waals surface area contributed by atoms with Crippen molar-refractivity contribution >= 4 is 23.0 Å². The van der Waals surface area contributed by atoms with Crippen molar-refractivity contribution in [3.8, 4) is 5.75 Å². The molecule has 4 aromatic carbocycles. The maximum absolute atomic E-state index is 12.5. The third kappa shape index (κ3) is 4.21. The summed E-state index contributed by atoms with van der Waals surface area (Å²) in [6.45, 7) is 0. The lowest BCUT2D eigenvalue weighted by Gasteiger charge is -2.24. The Hall–Kier alpha value is -4.39. The van der Waals surface area contributed by atoms with Crippen LogP contribution in [0.2, 0.25) is 0 Å². The van der Waals surface area contributed by atoms with Crippen LogP contribution in [0.25, 0.3) is 0 Å².